The molecule has 0 aromatic heterocycles. The zero-order valence-electron chi connectivity index (χ0n) is 12.6. The second-order valence-electron chi connectivity index (χ2n) is 5.56. The van der Waals surface area contributed by atoms with Crippen LogP contribution in [0, 0.1) is 0 Å². The molecule has 4 heteroatoms. The zero-order valence-corrected chi connectivity index (χ0v) is 13.4. The number of aryl methyl sites for hydroxylation is 2. The number of hydrogen-bond acceptors (Lipinski definition) is 3. The summed E-state index contributed by atoms with van der Waals surface area (Å²) in [7, 11) is 0. The Morgan fingerprint density at radius 2 is 1.95 bits per heavy atom. The minimum absolute atomic E-state index is 0.114. The van der Waals surface area contributed by atoms with Crippen molar-refractivity contribution >= 4 is 17.7 Å². The molecule has 0 saturated carbocycles. The summed E-state index contributed by atoms with van der Waals surface area (Å²) in [6, 6.07) is 6.59. The number of aliphatic hydroxyl groups excluding tert-OH is 1. The predicted molar refractivity (Wildman–Crippen MR) is 87.8 cm³/mol. The lowest BCUT2D eigenvalue weighted by molar-refractivity contribution is -0.118. The van der Waals surface area contributed by atoms with Crippen molar-refractivity contribution in [1.29, 1.82) is 0 Å². The Bertz CT molecular complexity index is 462. The summed E-state index contributed by atoms with van der Waals surface area (Å²) < 4.78 is 0. The van der Waals surface area contributed by atoms with Crippen LogP contribution in [0.2, 0.25) is 0 Å². The molecule has 0 bridgehead atoms. The fourth-order valence-corrected chi connectivity index (χ4v) is 3.45. The summed E-state index contributed by atoms with van der Waals surface area (Å²) >= 11 is 1.62. The normalized spacial score (nSPS) is 13.2. The Morgan fingerprint density at radius 1 is 1.14 bits per heavy atom. The average molecular weight is 307 g/mol. The van der Waals surface area contributed by atoms with Crippen LogP contribution in [-0.2, 0) is 17.6 Å². The van der Waals surface area contributed by atoms with Gasteiger partial charge in [0.2, 0.25) is 5.91 Å². The van der Waals surface area contributed by atoms with Gasteiger partial charge in [0.25, 0.3) is 0 Å². The number of carbonyl (C=O) groups excluding carboxylic acids is 1. The molecule has 0 spiro atoms. The number of aliphatic hydroxyl groups is 1. The van der Waals surface area contributed by atoms with Crippen molar-refractivity contribution in [2.75, 3.05) is 18.9 Å². The molecule has 1 aliphatic rings. The molecule has 116 valence electrons. The Labute approximate surface area is 131 Å². The van der Waals surface area contributed by atoms with Crippen LogP contribution in [0.4, 0.5) is 0 Å². The number of thioether (sulfide) groups is 1. The number of fused-ring (bicyclic) bond motifs is 1. The number of carbonyl (C=O) groups is 1. The van der Waals surface area contributed by atoms with E-state index in [1.165, 1.54) is 35.3 Å². The number of unbranched alkanes of at least 4 members (excludes halogenated alkanes) is 3. The first-order valence-electron chi connectivity index (χ1n) is 7.92. The van der Waals surface area contributed by atoms with Crippen molar-refractivity contribution in [2.45, 2.75) is 49.8 Å². The molecule has 0 atom stereocenters. The van der Waals surface area contributed by atoms with Crippen LogP contribution in [-0.4, -0.2) is 29.9 Å². The second kappa shape index (κ2) is 9.11. The van der Waals surface area contributed by atoms with Crippen LogP contribution in [0.3, 0.4) is 0 Å². The van der Waals surface area contributed by atoms with Crippen molar-refractivity contribution in [1.82, 2.24) is 5.32 Å². The molecular formula is C17H25NO2S. The number of rotatable bonds is 9. The molecule has 2 N–H and O–H groups in total. The Morgan fingerprint density at radius 3 is 2.81 bits per heavy atom. The predicted octanol–water partition coefficient (Wildman–Crippen LogP) is 2.94. The minimum atomic E-state index is 0.114. The van der Waals surface area contributed by atoms with Gasteiger partial charge in [0.1, 0.15) is 0 Å². The monoisotopic (exact) mass is 307 g/mol. The van der Waals surface area contributed by atoms with Gasteiger partial charge in [0.05, 0.1) is 5.75 Å². The van der Waals surface area contributed by atoms with Crippen molar-refractivity contribution in [3.05, 3.63) is 29.3 Å². The number of benzene rings is 1. The largest absolute Gasteiger partial charge is 0.396 e. The summed E-state index contributed by atoms with van der Waals surface area (Å²) in [4.78, 5) is 13.0. The lowest BCUT2D eigenvalue weighted by Gasteiger charge is -2.06. The maximum absolute atomic E-state index is 11.8. The first-order valence-corrected chi connectivity index (χ1v) is 8.90. The smallest absolute Gasteiger partial charge is 0.230 e. The van der Waals surface area contributed by atoms with Gasteiger partial charge in [-0.3, -0.25) is 4.79 Å². The Balaban J connectivity index is 1.60. The SMILES string of the molecule is O=C(CSc1ccc2c(c1)CCC2)NCCCCCCO. The lowest BCUT2D eigenvalue weighted by Crippen LogP contribution is -2.26. The first-order chi connectivity index (χ1) is 10.3. The summed E-state index contributed by atoms with van der Waals surface area (Å²) in [5, 5.41) is 11.6. The molecule has 1 aromatic rings. The van der Waals surface area contributed by atoms with E-state index in [4.69, 9.17) is 5.11 Å². The number of amides is 1. The van der Waals surface area contributed by atoms with E-state index in [1.807, 2.05) is 0 Å². The minimum Gasteiger partial charge on any atom is -0.396 e. The highest BCUT2D eigenvalue weighted by Crippen LogP contribution is 2.27. The maximum atomic E-state index is 11.8. The van der Waals surface area contributed by atoms with Gasteiger partial charge in [-0.1, -0.05) is 18.9 Å². The van der Waals surface area contributed by atoms with Gasteiger partial charge in [0, 0.05) is 18.0 Å². The van der Waals surface area contributed by atoms with E-state index in [0.29, 0.717) is 5.75 Å². The molecule has 1 aliphatic carbocycles. The third-order valence-corrected chi connectivity index (χ3v) is 4.84. The van der Waals surface area contributed by atoms with E-state index in [1.54, 1.807) is 11.8 Å². The van der Waals surface area contributed by atoms with E-state index in [0.717, 1.165) is 32.2 Å². The van der Waals surface area contributed by atoms with Crippen molar-refractivity contribution in [3.63, 3.8) is 0 Å². The molecule has 0 aliphatic heterocycles. The topological polar surface area (TPSA) is 49.3 Å². The van der Waals surface area contributed by atoms with E-state index in [9.17, 15) is 4.79 Å². The molecule has 0 fully saturated rings. The molecule has 0 saturated heterocycles. The molecular weight excluding hydrogens is 282 g/mol. The van der Waals surface area contributed by atoms with E-state index in [2.05, 4.69) is 23.5 Å². The molecule has 3 nitrogen and oxygen atoms in total. The molecule has 1 amide bonds. The number of hydrogen-bond donors (Lipinski definition) is 2. The third-order valence-electron chi connectivity index (χ3n) is 3.85. The standard InChI is InChI=1S/C17H25NO2S/c19-11-4-2-1-3-10-18-17(20)13-21-16-9-8-14-6-5-7-15(14)12-16/h8-9,12,19H,1-7,10-11,13H2,(H,18,20). The van der Waals surface area contributed by atoms with Gasteiger partial charge in [-0.25, -0.2) is 0 Å². The Kier molecular flexibility index (Phi) is 7.10. The zero-order chi connectivity index (χ0) is 14.9. The van der Waals surface area contributed by atoms with Crippen molar-refractivity contribution in [3.8, 4) is 0 Å². The highest BCUT2D eigenvalue weighted by Gasteiger charge is 2.11. The number of nitrogens with one attached hydrogen (secondary N) is 1. The summed E-state index contributed by atoms with van der Waals surface area (Å²) in [5.74, 6) is 0.609. The van der Waals surface area contributed by atoms with Crippen LogP contribution in [0.25, 0.3) is 0 Å². The van der Waals surface area contributed by atoms with Gasteiger partial charge < -0.3 is 10.4 Å². The van der Waals surface area contributed by atoms with Gasteiger partial charge in [-0.15, -0.1) is 11.8 Å². The summed E-state index contributed by atoms with van der Waals surface area (Å²) in [6.07, 6.45) is 7.62. The average Bonchev–Trinajstić information content (AvgIpc) is 2.96. The molecule has 0 unspecified atom stereocenters. The molecule has 21 heavy (non-hydrogen) atoms. The quantitative estimate of drug-likeness (QED) is 0.545. The van der Waals surface area contributed by atoms with Crippen molar-refractivity contribution < 1.29 is 9.90 Å². The van der Waals surface area contributed by atoms with Crippen LogP contribution >= 0.6 is 11.8 Å². The van der Waals surface area contributed by atoms with E-state index in [-0.39, 0.29) is 12.5 Å². The van der Waals surface area contributed by atoms with Crippen LogP contribution in [0.15, 0.2) is 23.1 Å². The highest BCUT2D eigenvalue weighted by molar-refractivity contribution is 8.00. The second-order valence-corrected chi connectivity index (χ2v) is 6.61. The molecule has 0 heterocycles. The maximum Gasteiger partial charge on any atom is 0.230 e. The fraction of sp³-hybridized carbons (Fsp3) is 0.588. The highest BCUT2D eigenvalue weighted by atomic mass is 32.2. The molecule has 1 aromatic carbocycles. The Hall–Kier alpha value is -1.00. The van der Waals surface area contributed by atoms with Gasteiger partial charge in [0.15, 0.2) is 0 Å². The molecule has 2 rings (SSSR count). The van der Waals surface area contributed by atoms with Gasteiger partial charge >= 0.3 is 0 Å². The third kappa shape index (κ3) is 5.71. The van der Waals surface area contributed by atoms with Gasteiger partial charge in [-0.2, -0.15) is 0 Å². The van der Waals surface area contributed by atoms with Crippen LogP contribution in [0.5, 0.6) is 0 Å². The first kappa shape index (κ1) is 16.4. The lowest BCUT2D eigenvalue weighted by atomic mass is 10.1. The van der Waals surface area contributed by atoms with E-state index < -0.39 is 0 Å². The summed E-state index contributed by atoms with van der Waals surface area (Å²) in [5.41, 5.74) is 2.94. The fourth-order valence-electron chi connectivity index (χ4n) is 2.66. The van der Waals surface area contributed by atoms with Crippen LogP contribution in [0.1, 0.15) is 43.2 Å². The van der Waals surface area contributed by atoms with E-state index >= 15 is 0 Å². The van der Waals surface area contributed by atoms with Crippen LogP contribution < -0.4 is 5.32 Å². The molecule has 0 radical (unpaired) electrons. The summed E-state index contributed by atoms with van der Waals surface area (Å²) in [6.45, 7) is 1.01. The van der Waals surface area contributed by atoms with Crippen molar-refractivity contribution in [2.24, 2.45) is 0 Å². The van der Waals surface area contributed by atoms with Gasteiger partial charge in [-0.05, 0) is 55.4 Å².